The zero-order valence-electron chi connectivity index (χ0n) is 22.8. The van der Waals surface area contributed by atoms with Gasteiger partial charge in [0.2, 0.25) is 10.0 Å². The van der Waals surface area contributed by atoms with E-state index in [4.69, 9.17) is 9.88 Å². The number of fused-ring (bicyclic) bond motifs is 1. The molecule has 4 N–H and O–H groups in total. The van der Waals surface area contributed by atoms with Gasteiger partial charge in [-0.05, 0) is 68.7 Å². The Bertz CT molecular complexity index is 1740. The molecule has 1 aliphatic heterocycles. The summed E-state index contributed by atoms with van der Waals surface area (Å²) in [6.07, 6.45) is 2.02. The Kier molecular flexibility index (Phi) is 7.68. The Morgan fingerprint density at radius 2 is 1.90 bits per heavy atom. The molecule has 0 amide bonds. The van der Waals surface area contributed by atoms with Crippen molar-refractivity contribution >= 4 is 26.7 Å². The van der Waals surface area contributed by atoms with E-state index in [1.807, 2.05) is 44.2 Å². The van der Waals surface area contributed by atoms with Crippen molar-refractivity contribution in [2.75, 3.05) is 24.6 Å². The number of nitrogens with zero attached hydrogens (tertiary/aromatic N) is 4. The summed E-state index contributed by atoms with van der Waals surface area (Å²) in [6, 6.07) is 17.9. The van der Waals surface area contributed by atoms with E-state index in [2.05, 4.69) is 20.9 Å². The van der Waals surface area contributed by atoms with Crippen molar-refractivity contribution < 1.29 is 23.4 Å². The number of hydrogen-bond acceptors (Lipinski definition) is 9. The molecule has 1 saturated heterocycles. The van der Waals surface area contributed by atoms with Crippen LogP contribution in [-0.4, -0.2) is 53.9 Å². The number of rotatable bonds is 7. The van der Waals surface area contributed by atoms with E-state index in [1.54, 1.807) is 24.4 Å². The average Bonchev–Trinajstić information content (AvgIpc) is 2.96. The summed E-state index contributed by atoms with van der Waals surface area (Å²) in [6.45, 7) is 4.61. The Morgan fingerprint density at radius 3 is 2.54 bits per heavy atom. The normalized spacial score (nSPS) is 15.9. The molecule has 0 spiro atoms. The van der Waals surface area contributed by atoms with Crippen molar-refractivity contribution in [3.8, 4) is 22.9 Å². The number of aliphatic hydroxyl groups is 2. The molecule has 212 valence electrons. The number of primary sulfonamides is 1. The highest BCUT2D eigenvalue weighted by Crippen LogP contribution is 2.35. The largest absolute Gasteiger partial charge is 0.485 e. The van der Waals surface area contributed by atoms with E-state index in [-0.39, 0.29) is 22.9 Å². The van der Waals surface area contributed by atoms with Crippen LogP contribution >= 0.6 is 0 Å². The molecule has 0 saturated carbocycles. The fraction of sp³-hybridized carbons (Fsp3) is 0.300. The predicted octanol–water partition coefficient (Wildman–Crippen LogP) is 3.59. The van der Waals surface area contributed by atoms with Crippen LogP contribution in [0.5, 0.6) is 5.75 Å². The predicted molar refractivity (Wildman–Crippen MR) is 155 cm³/mol. The topological polar surface area (TPSA) is 163 Å². The van der Waals surface area contributed by atoms with Gasteiger partial charge in [0.05, 0.1) is 17.7 Å². The number of aromatic nitrogens is 2. The first-order valence-electron chi connectivity index (χ1n) is 13.2. The second kappa shape index (κ2) is 11.1. The smallest absolute Gasteiger partial charge is 0.241 e. The van der Waals surface area contributed by atoms with E-state index >= 15 is 0 Å². The molecule has 1 atom stereocenters. The summed E-state index contributed by atoms with van der Waals surface area (Å²) in [7, 11) is -3.99. The van der Waals surface area contributed by atoms with Crippen LogP contribution in [0.15, 0.2) is 65.7 Å². The van der Waals surface area contributed by atoms with Gasteiger partial charge in [-0.15, -0.1) is 0 Å². The van der Waals surface area contributed by atoms with Gasteiger partial charge in [-0.2, -0.15) is 5.26 Å². The first kappa shape index (κ1) is 28.4. The molecule has 2 aromatic carbocycles. The van der Waals surface area contributed by atoms with Gasteiger partial charge in [-0.3, -0.25) is 0 Å². The number of aryl methyl sites for hydroxylation is 1. The number of nitrogens with two attached hydrogens (primary N) is 1. The van der Waals surface area contributed by atoms with Gasteiger partial charge in [0.15, 0.2) is 0 Å². The molecule has 1 aliphatic rings. The third kappa shape index (κ3) is 5.87. The van der Waals surface area contributed by atoms with Crippen LogP contribution in [0, 0.1) is 18.3 Å². The number of piperidine rings is 1. The Morgan fingerprint density at radius 1 is 1.17 bits per heavy atom. The van der Waals surface area contributed by atoms with Gasteiger partial charge in [0.25, 0.3) is 0 Å². The molecule has 11 heteroatoms. The maximum absolute atomic E-state index is 12.1. The van der Waals surface area contributed by atoms with Crippen molar-refractivity contribution in [3.05, 3.63) is 77.6 Å². The molecular formula is C30H31N5O5S. The van der Waals surface area contributed by atoms with Gasteiger partial charge in [-0.25, -0.2) is 23.5 Å². The first-order chi connectivity index (χ1) is 19.5. The average molecular weight is 574 g/mol. The van der Waals surface area contributed by atoms with Gasteiger partial charge in [0, 0.05) is 41.4 Å². The number of benzene rings is 2. The lowest BCUT2D eigenvalue weighted by atomic mass is 9.92. The minimum Gasteiger partial charge on any atom is -0.485 e. The van der Waals surface area contributed by atoms with Gasteiger partial charge in [-0.1, -0.05) is 18.2 Å². The molecule has 0 radical (unpaired) electrons. The van der Waals surface area contributed by atoms with E-state index in [9.17, 15) is 23.9 Å². The number of ether oxygens (including phenoxy) is 1. The summed E-state index contributed by atoms with van der Waals surface area (Å²) >= 11 is 0. The summed E-state index contributed by atoms with van der Waals surface area (Å²) in [4.78, 5) is 11.2. The fourth-order valence-electron chi connectivity index (χ4n) is 5.17. The van der Waals surface area contributed by atoms with Crippen molar-refractivity contribution in [2.45, 2.75) is 43.3 Å². The summed E-state index contributed by atoms with van der Waals surface area (Å²) in [5.74, 6) is 0.891. The van der Waals surface area contributed by atoms with E-state index in [1.165, 1.54) is 6.07 Å². The van der Waals surface area contributed by atoms with Crippen molar-refractivity contribution in [1.29, 1.82) is 5.26 Å². The molecule has 10 nitrogen and oxygen atoms in total. The SMILES string of the molecule is Cc1cc([C@H](C)Oc2ccccc2S(N)(=O)=O)c2cc(-c3ccc(N4CCC(O)(CO)CC4)nc3)c(C#N)nc2c1. The maximum atomic E-state index is 12.1. The third-order valence-corrected chi connectivity index (χ3v) is 8.44. The first-order valence-corrected chi connectivity index (χ1v) is 14.7. The monoisotopic (exact) mass is 573 g/mol. The quantitative estimate of drug-likeness (QED) is 0.300. The zero-order valence-corrected chi connectivity index (χ0v) is 23.6. The van der Waals surface area contributed by atoms with Crippen LogP contribution in [0.1, 0.15) is 42.7 Å². The Balaban J connectivity index is 1.51. The van der Waals surface area contributed by atoms with Crippen LogP contribution in [0.4, 0.5) is 5.82 Å². The van der Waals surface area contributed by atoms with Gasteiger partial charge >= 0.3 is 0 Å². The number of anilines is 1. The Hall–Kier alpha value is -4.08. The number of para-hydroxylation sites is 1. The molecule has 3 heterocycles. The maximum Gasteiger partial charge on any atom is 0.241 e. The molecule has 0 aliphatic carbocycles. The van der Waals surface area contributed by atoms with Crippen LogP contribution in [0.25, 0.3) is 22.0 Å². The standard InChI is InChI=1S/C30H31N5O5S/c1-19-13-22(20(2)40-27-5-3-4-6-28(27)41(32,38)39)24-15-23(26(16-31)34-25(24)14-19)21-7-8-29(33-17-21)35-11-9-30(37,18-36)10-12-35/h3-8,13-15,17,20,36-37H,9-12,18H2,1-2H3,(H2,32,38,39)/t20-/m0/s1. The zero-order chi connectivity index (χ0) is 29.4. The minimum absolute atomic E-state index is 0.102. The molecule has 5 rings (SSSR count). The van der Waals surface area contributed by atoms with Crippen molar-refractivity contribution in [2.24, 2.45) is 5.14 Å². The fourth-order valence-corrected chi connectivity index (χ4v) is 5.83. The highest BCUT2D eigenvalue weighted by Gasteiger charge is 2.32. The highest BCUT2D eigenvalue weighted by molar-refractivity contribution is 7.89. The van der Waals surface area contributed by atoms with E-state index in [0.29, 0.717) is 42.6 Å². The summed E-state index contributed by atoms with van der Waals surface area (Å²) in [5.41, 5.74) is 2.82. The Labute approximate surface area is 238 Å². The number of aliphatic hydroxyl groups excluding tert-OH is 1. The molecule has 0 unspecified atom stereocenters. The lowest BCUT2D eigenvalue weighted by Crippen LogP contribution is -2.46. The lowest BCUT2D eigenvalue weighted by molar-refractivity contribution is -0.0326. The molecule has 4 aromatic rings. The number of pyridine rings is 2. The minimum atomic E-state index is -3.99. The number of sulfonamides is 1. The van der Waals surface area contributed by atoms with Crippen LogP contribution in [-0.2, 0) is 10.0 Å². The van der Waals surface area contributed by atoms with Gasteiger partial charge in [0.1, 0.15) is 34.3 Å². The second-order valence-corrected chi connectivity index (χ2v) is 12.0. The molecular weight excluding hydrogens is 542 g/mol. The highest BCUT2D eigenvalue weighted by atomic mass is 32.2. The molecule has 0 bridgehead atoms. The number of hydrogen-bond donors (Lipinski definition) is 3. The van der Waals surface area contributed by atoms with Gasteiger partial charge < -0.3 is 19.8 Å². The van der Waals surface area contributed by atoms with E-state index in [0.717, 1.165) is 22.3 Å². The van der Waals surface area contributed by atoms with Crippen molar-refractivity contribution in [3.63, 3.8) is 0 Å². The van der Waals surface area contributed by atoms with Crippen LogP contribution < -0.4 is 14.8 Å². The van der Waals surface area contributed by atoms with Crippen LogP contribution in [0.3, 0.4) is 0 Å². The lowest BCUT2D eigenvalue weighted by Gasteiger charge is -2.37. The summed E-state index contributed by atoms with van der Waals surface area (Å²) < 4.78 is 30.3. The third-order valence-electron chi connectivity index (χ3n) is 7.49. The molecule has 41 heavy (non-hydrogen) atoms. The van der Waals surface area contributed by atoms with Crippen LogP contribution in [0.2, 0.25) is 0 Å². The molecule has 1 fully saturated rings. The van der Waals surface area contributed by atoms with E-state index < -0.39 is 21.7 Å². The molecule has 2 aromatic heterocycles. The second-order valence-electron chi connectivity index (χ2n) is 10.4. The summed E-state index contributed by atoms with van der Waals surface area (Å²) in [5, 5.41) is 35.8. The number of nitriles is 1. The van der Waals surface area contributed by atoms with Crippen molar-refractivity contribution in [1.82, 2.24) is 9.97 Å².